The second kappa shape index (κ2) is 1.96. The first-order valence-corrected chi connectivity index (χ1v) is 2.27. The molecular formula is C5H6FN2. The van der Waals surface area contributed by atoms with Gasteiger partial charge < -0.3 is 5.01 Å². The molecule has 0 saturated heterocycles. The largest absolute Gasteiger partial charge is 0.302 e. The van der Waals surface area contributed by atoms with Crippen LogP contribution in [0.3, 0.4) is 0 Å². The minimum atomic E-state index is -0.418. The molecular weight excluding hydrogens is 107 g/mol. The van der Waals surface area contributed by atoms with Crippen molar-refractivity contribution in [2.24, 2.45) is 5.84 Å². The van der Waals surface area contributed by atoms with Crippen LogP contribution < -0.4 is 5.84 Å². The second-order valence-electron chi connectivity index (χ2n) is 1.51. The number of rotatable bonds is 0. The molecule has 0 aromatic rings. The molecule has 0 aromatic heterocycles. The van der Waals surface area contributed by atoms with Gasteiger partial charge >= 0.3 is 0 Å². The van der Waals surface area contributed by atoms with E-state index in [0.717, 1.165) is 5.01 Å². The van der Waals surface area contributed by atoms with Gasteiger partial charge in [0.2, 0.25) is 0 Å². The molecule has 2 N–H and O–H groups in total. The monoisotopic (exact) mass is 113 g/mol. The van der Waals surface area contributed by atoms with Gasteiger partial charge in [0.05, 0.1) is 6.54 Å². The van der Waals surface area contributed by atoms with Crippen molar-refractivity contribution in [3.63, 3.8) is 0 Å². The van der Waals surface area contributed by atoms with Gasteiger partial charge in [0.25, 0.3) is 0 Å². The number of nitrogens with two attached hydrogens (primary N) is 1. The molecule has 43 valence electrons. The third-order valence-electron chi connectivity index (χ3n) is 0.817. The van der Waals surface area contributed by atoms with Crippen LogP contribution in [0, 0.1) is 6.20 Å². The average Bonchev–Trinajstić information content (AvgIpc) is 1.64. The van der Waals surface area contributed by atoms with E-state index >= 15 is 0 Å². The third kappa shape index (κ3) is 1.07. The lowest BCUT2D eigenvalue weighted by atomic mass is 10.4. The smallest absolute Gasteiger partial charge is 0.149 e. The highest BCUT2D eigenvalue weighted by molar-refractivity contribution is 5.11. The first kappa shape index (κ1) is 5.31. The first-order valence-electron chi connectivity index (χ1n) is 2.27. The quantitative estimate of drug-likeness (QED) is 0.459. The van der Waals surface area contributed by atoms with Crippen molar-refractivity contribution < 1.29 is 4.39 Å². The Morgan fingerprint density at radius 2 is 2.62 bits per heavy atom. The average molecular weight is 113 g/mol. The molecule has 0 spiro atoms. The highest BCUT2D eigenvalue weighted by Crippen LogP contribution is 2.02. The van der Waals surface area contributed by atoms with Crippen molar-refractivity contribution in [1.82, 2.24) is 5.01 Å². The van der Waals surface area contributed by atoms with Crippen molar-refractivity contribution in [2.75, 3.05) is 6.54 Å². The molecule has 0 aromatic carbocycles. The summed E-state index contributed by atoms with van der Waals surface area (Å²) in [6.07, 6.45) is 5.22. The minimum Gasteiger partial charge on any atom is -0.302 e. The van der Waals surface area contributed by atoms with Gasteiger partial charge in [-0.05, 0) is 6.08 Å². The molecule has 2 nitrogen and oxygen atoms in total. The van der Waals surface area contributed by atoms with Crippen LogP contribution in [0.4, 0.5) is 4.39 Å². The van der Waals surface area contributed by atoms with E-state index in [2.05, 4.69) is 6.20 Å². The van der Waals surface area contributed by atoms with E-state index < -0.39 is 5.83 Å². The lowest BCUT2D eigenvalue weighted by molar-refractivity contribution is 0.393. The van der Waals surface area contributed by atoms with Crippen LogP contribution in [0.5, 0.6) is 0 Å². The van der Waals surface area contributed by atoms with Gasteiger partial charge in [0, 0.05) is 0 Å². The fourth-order valence-electron chi connectivity index (χ4n) is 0.490. The number of halogens is 1. The molecule has 0 unspecified atom stereocenters. The Morgan fingerprint density at radius 3 is 3.00 bits per heavy atom. The molecule has 1 aliphatic rings. The predicted molar refractivity (Wildman–Crippen MR) is 27.9 cm³/mol. The lowest BCUT2D eigenvalue weighted by Crippen LogP contribution is -2.27. The van der Waals surface area contributed by atoms with E-state index in [0.29, 0.717) is 6.54 Å². The van der Waals surface area contributed by atoms with E-state index in [4.69, 9.17) is 5.84 Å². The van der Waals surface area contributed by atoms with Gasteiger partial charge in [-0.3, -0.25) is 0 Å². The summed E-state index contributed by atoms with van der Waals surface area (Å²) in [5.74, 6) is 4.72. The maximum absolute atomic E-state index is 12.0. The SMILES string of the molecule is NN1[C]=C(F)C=CC1. The van der Waals surface area contributed by atoms with E-state index in [1.54, 1.807) is 6.08 Å². The highest BCUT2D eigenvalue weighted by Gasteiger charge is 1.98. The van der Waals surface area contributed by atoms with Crippen LogP contribution in [-0.4, -0.2) is 11.6 Å². The van der Waals surface area contributed by atoms with Crippen LogP contribution in [0.15, 0.2) is 18.0 Å². The van der Waals surface area contributed by atoms with Crippen molar-refractivity contribution in [2.45, 2.75) is 0 Å². The predicted octanol–water partition coefficient (Wildman–Crippen LogP) is 0.346. The van der Waals surface area contributed by atoms with Gasteiger partial charge in [0.1, 0.15) is 12.0 Å². The first-order chi connectivity index (χ1) is 3.79. The lowest BCUT2D eigenvalue weighted by Gasteiger charge is -2.11. The van der Waals surface area contributed by atoms with E-state index in [9.17, 15) is 4.39 Å². The second-order valence-corrected chi connectivity index (χ2v) is 1.51. The summed E-state index contributed by atoms with van der Waals surface area (Å²) in [4.78, 5) is 0. The molecule has 0 fully saturated rings. The van der Waals surface area contributed by atoms with Gasteiger partial charge in [-0.2, -0.15) is 0 Å². The van der Waals surface area contributed by atoms with Gasteiger partial charge in [-0.1, -0.05) is 6.08 Å². The van der Waals surface area contributed by atoms with Crippen LogP contribution in [-0.2, 0) is 0 Å². The maximum atomic E-state index is 12.0. The van der Waals surface area contributed by atoms with Gasteiger partial charge in [-0.15, -0.1) is 0 Å². The van der Waals surface area contributed by atoms with Crippen LogP contribution in [0.25, 0.3) is 0 Å². The number of hydrogen-bond acceptors (Lipinski definition) is 2. The van der Waals surface area contributed by atoms with Crippen molar-refractivity contribution >= 4 is 0 Å². The number of allylic oxidation sites excluding steroid dienone is 2. The number of hydrazine groups is 1. The number of hydrogen-bond donors (Lipinski definition) is 1. The van der Waals surface area contributed by atoms with Gasteiger partial charge in [0.15, 0.2) is 0 Å². The Hall–Kier alpha value is -0.830. The van der Waals surface area contributed by atoms with E-state index in [-0.39, 0.29) is 0 Å². The van der Waals surface area contributed by atoms with Crippen molar-refractivity contribution in [3.05, 3.63) is 24.2 Å². The zero-order chi connectivity index (χ0) is 5.98. The van der Waals surface area contributed by atoms with Crippen molar-refractivity contribution in [3.8, 4) is 0 Å². The molecule has 3 heteroatoms. The molecule has 1 radical (unpaired) electrons. The van der Waals surface area contributed by atoms with E-state index in [1.165, 1.54) is 6.08 Å². The molecule has 0 saturated carbocycles. The fourth-order valence-corrected chi connectivity index (χ4v) is 0.490. The zero-order valence-electron chi connectivity index (χ0n) is 4.26. The summed E-state index contributed by atoms with van der Waals surface area (Å²) < 4.78 is 12.0. The fraction of sp³-hybridized carbons (Fsp3) is 0.200. The van der Waals surface area contributed by atoms with Crippen molar-refractivity contribution in [1.29, 1.82) is 0 Å². The Balaban J connectivity index is 2.63. The molecule has 1 heterocycles. The maximum Gasteiger partial charge on any atom is 0.149 e. The Bertz CT molecular complexity index is 139. The summed E-state index contributed by atoms with van der Waals surface area (Å²) in [7, 11) is 0. The Labute approximate surface area is 47.0 Å². The summed E-state index contributed by atoms with van der Waals surface area (Å²) in [5.41, 5.74) is 0. The molecule has 0 aliphatic carbocycles. The van der Waals surface area contributed by atoms with E-state index in [1.807, 2.05) is 0 Å². The summed E-state index contributed by atoms with van der Waals surface area (Å²) in [6, 6.07) is 0. The Kier molecular flexibility index (Phi) is 1.30. The number of nitrogens with zero attached hydrogens (tertiary/aromatic N) is 1. The van der Waals surface area contributed by atoms with Gasteiger partial charge in [-0.25, -0.2) is 10.2 Å². The summed E-state index contributed by atoms with van der Waals surface area (Å²) >= 11 is 0. The molecule has 8 heavy (non-hydrogen) atoms. The van der Waals surface area contributed by atoms with Crippen LogP contribution >= 0.6 is 0 Å². The Morgan fingerprint density at radius 1 is 1.88 bits per heavy atom. The standard InChI is InChI=1S/C5H6FN2/c6-5-2-1-3-8(7)4-5/h1-2H,3,7H2. The van der Waals surface area contributed by atoms with Crippen LogP contribution in [0.1, 0.15) is 0 Å². The summed E-state index contributed by atoms with van der Waals surface area (Å²) in [5, 5.41) is 1.16. The normalized spacial score (nSPS) is 18.8. The molecule has 1 aliphatic heterocycles. The summed E-state index contributed by atoms with van der Waals surface area (Å²) in [6.45, 7) is 0.535. The minimum absolute atomic E-state index is 0.418. The zero-order valence-corrected chi connectivity index (χ0v) is 4.26. The topological polar surface area (TPSA) is 29.3 Å². The molecule has 0 bridgehead atoms. The highest BCUT2D eigenvalue weighted by atomic mass is 19.1. The third-order valence-corrected chi connectivity index (χ3v) is 0.817. The molecule has 0 atom stereocenters. The molecule has 0 amide bonds. The molecule has 1 rings (SSSR count). The van der Waals surface area contributed by atoms with Crippen LogP contribution in [0.2, 0.25) is 0 Å².